The molecule has 0 unspecified atom stereocenters. The maximum absolute atomic E-state index is 12.5. The fraction of sp³-hybridized carbons (Fsp3) is 0.400. The Hall–Kier alpha value is -4.96. The van der Waals surface area contributed by atoms with E-state index in [0.717, 1.165) is 37.6 Å². The van der Waals surface area contributed by atoms with Gasteiger partial charge in [-0.15, -0.1) is 10.2 Å². The number of urea groups is 1. The van der Waals surface area contributed by atoms with E-state index >= 15 is 0 Å². The van der Waals surface area contributed by atoms with Crippen molar-refractivity contribution in [3.8, 4) is 28.8 Å². The first kappa shape index (κ1) is 28.2. The number of likely N-dealkylation sites (tertiary alicyclic amines) is 1. The second-order valence-electron chi connectivity index (χ2n) is 11.0. The predicted octanol–water partition coefficient (Wildman–Crippen LogP) is 1.31. The van der Waals surface area contributed by atoms with Crippen LogP contribution in [0.3, 0.4) is 0 Å². The molecule has 43 heavy (non-hydrogen) atoms. The number of anilines is 3. The summed E-state index contributed by atoms with van der Waals surface area (Å²) in [5, 5.41) is 21.5. The van der Waals surface area contributed by atoms with Gasteiger partial charge in [0.05, 0.1) is 17.9 Å². The molecule has 222 valence electrons. The van der Waals surface area contributed by atoms with Crippen molar-refractivity contribution in [3.63, 3.8) is 0 Å². The predicted molar refractivity (Wildman–Crippen MR) is 161 cm³/mol. The Morgan fingerprint density at radius 3 is 2.56 bits per heavy atom. The number of carbonyl (C=O) groups excluding carboxylic acids is 2. The van der Waals surface area contributed by atoms with Crippen molar-refractivity contribution in [2.45, 2.75) is 24.8 Å². The van der Waals surface area contributed by atoms with Gasteiger partial charge in [0.1, 0.15) is 17.1 Å². The Morgan fingerprint density at radius 1 is 1.02 bits per heavy atom. The van der Waals surface area contributed by atoms with Gasteiger partial charge in [0.15, 0.2) is 5.82 Å². The van der Waals surface area contributed by atoms with Crippen molar-refractivity contribution in [1.82, 2.24) is 35.3 Å². The Labute approximate surface area is 249 Å². The summed E-state index contributed by atoms with van der Waals surface area (Å²) < 4.78 is 0. The van der Waals surface area contributed by atoms with Gasteiger partial charge in [-0.25, -0.2) is 14.8 Å². The zero-order chi connectivity index (χ0) is 30.0. The van der Waals surface area contributed by atoms with Crippen LogP contribution >= 0.6 is 0 Å². The van der Waals surface area contributed by atoms with Crippen LogP contribution in [0.4, 0.5) is 22.1 Å². The highest BCUT2D eigenvalue weighted by molar-refractivity contribution is 6.06. The molecular formula is C30H34N10O3. The van der Waals surface area contributed by atoms with Crippen LogP contribution < -0.4 is 20.9 Å². The van der Waals surface area contributed by atoms with E-state index in [1.54, 1.807) is 24.4 Å². The van der Waals surface area contributed by atoms with Crippen LogP contribution in [0.15, 0.2) is 42.6 Å². The van der Waals surface area contributed by atoms with Crippen molar-refractivity contribution in [2.75, 3.05) is 68.4 Å². The fourth-order valence-electron chi connectivity index (χ4n) is 5.86. The van der Waals surface area contributed by atoms with Crippen molar-refractivity contribution in [2.24, 2.45) is 0 Å². The van der Waals surface area contributed by atoms with Crippen LogP contribution in [0.1, 0.15) is 25.1 Å². The highest BCUT2D eigenvalue weighted by Gasteiger charge is 2.50. The molecule has 3 fully saturated rings. The maximum atomic E-state index is 12.5. The molecule has 4 N–H and O–H groups in total. The van der Waals surface area contributed by atoms with Gasteiger partial charge >= 0.3 is 6.03 Å². The fourth-order valence-corrected chi connectivity index (χ4v) is 5.86. The molecule has 1 spiro atoms. The molecule has 0 saturated carbocycles. The molecule has 6 rings (SSSR count). The number of aromatic nitrogens is 4. The Kier molecular flexibility index (Phi) is 7.69. The molecule has 0 radical (unpaired) electrons. The van der Waals surface area contributed by atoms with E-state index in [-0.39, 0.29) is 17.7 Å². The topological polar surface area (TPSA) is 157 Å². The average Bonchev–Trinajstić information content (AvgIpc) is 3.18. The SMILES string of the molecule is CN1C(=O)NC2(CCN(CC#Cc3nccc(N4CCCN(c5cc(-c6ccccc6O)nnc5N)CC4)n3)CC2)C1=O. The number of nitrogens with two attached hydrogens (primary N) is 1. The molecule has 0 bridgehead atoms. The third-order valence-electron chi connectivity index (χ3n) is 8.36. The molecular weight excluding hydrogens is 548 g/mol. The number of nitrogens with zero attached hydrogens (tertiary/aromatic N) is 8. The first-order valence-electron chi connectivity index (χ1n) is 14.4. The normalized spacial score (nSPS) is 18.8. The Balaban J connectivity index is 1.07. The highest BCUT2D eigenvalue weighted by Crippen LogP contribution is 2.32. The number of carbonyl (C=O) groups is 2. The largest absolute Gasteiger partial charge is 0.507 e. The summed E-state index contributed by atoms with van der Waals surface area (Å²) in [6.07, 6.45) is 3.75. The lowest BCUT2D eigenvalue weighted by atomic mass is 9.87. The summed E-state index contributed by atoms with van der Waals surface area (Å²) in [7, 11) is 1.52. The molecule has 13 heteroatoms. The molecule has 3 aliphatic rings. The number of hydrogen-bond acceptors (Lipinski definition) is 11. The number of hydrogen-bond donors (Lipinski definition) is 3. The summed E-state index contributed by atoms with van der Waals surface area (Å²) in [6.45, 7) is 4.90. The van der Waals surface area contributed by atoms with Crippen LogP contribution in [0.25, 0.3) is 11.3 Å². The van der Waals surface area contributed by atoms with Gasteiger partial charge in [0.2, 0.25) is 5.82 Å². The number of phenols is 1. The zero-order valence-electron chi connectivity index (χ0n) is 24.0. The summed E-state index contributed by atoms with van der Waals surface area (Å²) in [4.78, 5) is 41.3. The van der Waals surface area contributed by atoms with Gasteiger partial charge in [0.25, 0.3) is 5.91 Å². The number of nitrogen functional groups attached to an aromatic ring is 1. The van der Waals surface area contributed by atoms with Crippen LogP contribution in [0.5, 0.6) is 5.75 Å². The first-order valence-corrected chi connectivity index (χ1v) is 14.4. The Morgan fingerprint density at radius 2 is 1.79 bits per heavy atom. The van der Waals surface area contributed by atoms with Crippen molar-refractivity contribution >= 4 is 29.3 Å². The lowest BCUT2D eigenvalue weighted by Crippen LogP contribution is -2.54. The van der Waals surface area contributed by atoms with Gasteiger partial charge in [0, 0.05) is 58.1 Å². The third-order valence-corrected chi connectivity index (χ3v) is 8.36. The van der Waals surface area contributed by atoms with E-state index in [2.05, 4.69) is 47.0 Å². The smallest absolute Gasteiger partial charge is 0.324 e. The standard InChI is InChI=1S/C30H34N10O3/c1-37-28(42)30(34-29(37)43)10-16-38(17-11-30)13-4-8-25-32-12-9-26(33-25)40-15-5-14-39(18-19-40)23-20-22(35-36-27(23)31)21-6-2-3-7-24(21)41/h2-3,6-7,9,12,20,41H,5,10-11,13-19H2,1H3,(H2,31,36)(H,34,43). The van der Waals surface area contributed by atoms with E-state index in [1.165, 1.54) is 11.9 Å². The average molecular weight is 583 g/mol. The molecule has 2 aromatic heterocycles. The van der Waals surface area contributed by atoms with Crippen LogP contribution in [0, 0.1) is 11.8 Å². The minimum atomic E-state index is -0.775. The number of phenolic OH excluding ortho intramolecular Hbond substituents is 1. The minimum absolute atomic E-state index is 0.144. The van der Waals surface area contributed by atoms with Crippen molar-refractivity contribution in [1.29, 1.82) is 0 Å². The molecule has 3 aliphatic heterocycles. The number of benzene rings is 1. The van der Waals surface area contributed by atoms with Crippen LogP contribution in [-0.4, -0.2) is 105 Å². The zero-order valence-corrected chi connectivity index (χ0v) is 24.0. The number of nitrogens with one attached hydrogen (secondary N) is 1. The maximum Gasteiger partial charge on any atom is 0.324 e. The number of para-hydroxylation sites is 1. The summed E-state index contributed by atoms with van der Waals surface area (Å²) in [6, 6.07) is 10.5. The number of likely N-dealkylation sites (N-methyl/N-ethyl adjacent to an activating group) is 1. The highest BCUT2D eigenvalue weighted by atomic mass is 16.3. The number of piperidine rings is 1. The molecule has 5 heterocycles. The van der Waals surface area contributed by atoms with Gasteiger partial charge < -0.3 is 26.0 Å². The van der Waals surface area contributed by atoms with E-state index in [0.29, 0.717) is 61.9 Å². The number of aromatic hydroxyl groups is 1. The molecule has 0 aliphatic carbocycles. The Bertz CT molecular complexity index is 1590. The lowest BCUT2D eigenvalue weighted by Gasteiger charge is -2.36. The van der Waals surface area contributed by atoms with Gasteiger partial charge in [-0.1, -0.05) is 18.1 Å². The number of amides is 3. The van der Waals surface area contributed by atoms with Gasteiger partial charge in [-0.05, 0) is 49.4 Å². The van der Waals surface area contributed by atoms with Gasteiger partial charge in [-0.2, -0.15) is 0 Å². The van der Waals surface area contributed by atoms with E-state index in [9.17, 15) is 14.7 Å². The van der Waals surface area contributed by atoms with Crippen LogP contribution in [-0.2, 0) is 4.79 Å². The second kappa shape index (κ2) is 11.7. The molecule has 3 amide bonds. The lowest BCUT2D eigenvalue weighted by molar-refractivity contribution is -0.132. The summed E-state index contributed by atoms with van der Waals surface area (Å²) >= 11 is 0. The van der Waals surface area contributed by atoms with Crippen molar-refractivity contribution < 1.29 is 14.7 Å². The monoisotopic (exact) mass is 582 g/mol. The molecule has 1 aromatic carbocycles. The van der Waals surface area contributed by atoms with Crippen molar-refractivity contribution in [3.05, 3.63) is 48.4 Å². The van der Waals surface area contributed by atoms with E-state index < -0.39 is 5.54 Å². The second-order valence-corrected chi connectivity index (χ2v) is 11.0. The van der Waals surface area contributed by atoms with E-state index in [4.69, 9.17) is 10.7 Å². The molecule has 3 saturated heterocycles. The third kappa shape index (κ3) is 5.74. The summed E-state index contributed by atoms with van der Waals surface area (Å²) in [5.41, 5.74) is 7.43. The number of imide groups is 1. The molecule has 0 atom stereocenters. The van der Waals surface area contributed by atoms with Crippen LogP contribution in [0.2, 0.25) is 0 Å². The molecule has 3 aromatic rings. The number of rotatable bonds is 4. The quantitative estimate of drug-likeness (QED) is 0.301. The summed E-state index contributed by atoms with van der Waals surface area (Å²) in [5.74, 6) is 7.89. The molecule has 13 nitrogen and oxygen atoms in total. The minimum Gasteiger partial charge on any atom is -0.507 e. The van der Waals surface area contributed by atoms with Gasteiger partial charge in [-0.3, -0.25) is 14.6 Å². The van der Waals surface area contributed by atoms with E-state index in [1.807, 2.05) is 18.2 Å². The first-order chi connectivity index (χ1) is 20.8.